The first kappa shape index (κ1) is 13.4. The highest BCUT2D eigenvalue weighted by Gasteiger charge is 2.20. The topological polar surface area (TPSA) is 25.8 Å². The molecule has 0 saturated heterocycles. The molecule has 1 aromatic rings. The van der Waals surface area contributed by atoms with E-state index >= 15 is 0 Å². The molecule has 0 aliphatic heterocycles. The van der Waals surface area contributed by atoms with E-state index in [0.717, 1.165) is 24.1 Å². The lowest BCUT2D eigenvalue weighted by molar-refractivity contribution is -0.692. The van der Waals surface area contributed by atoms with Crippen LogP contribution in [0.3, 0.4) is 0 Å². The van der Waals surface area contributed by atoms with Gasteiger partial charge in [-0.25, -0.2) is 0 Å². The van der Waals surface area contributed by atoms with Gasteiger partial charge in [-0.3, -0.25) is 0 Å². The van der Waals surface area contributed by atoms with Crippen LogP contribution in [0.2, 0.25) is 0 Å². The third-order valence-corrected chi connectivity index (χ3v) is 4.07. The molecule has 1 saturated carbocycles. The largest absolute Gasteiger partial charge is 0.497 e. The molecule has 1 aliphatic rings. The Morgan fingerprint density at radius 2 is 2.00 bits per heavy atom. The number of benzene rings is 1. The zero-order chi connectivity index (χ0) is 12.8. The van der Waals surface area contributed by atoms with Gasteiger partial charge in [-0.1, -0.05) is 25.5 Å². The van der Waals surface area contributed by atoms with Gasteiger partial charge in [0.25, 0.3) is 0 Å². The van der Waals surface area contributed by atoms with Crippen LogP contribution in [0.1, 0.15) is 38.2 Å². The van der Waals surface area contributed by atoms with E-state index in [2.05, 4.69) is 36.5 Å². The third kappa shape index (κ3) is 4.02. The molecular formula is C16H26NO+. The number of nitrogens with two attached hydrogens (primary N) is 1. The second kappa shape index (κ2) is 6.79. The van der Waals surface area contributed by atoms with Crippen molar-refractivity contribution in [3.63, 3.8) is 0 Å². The second-order valence-corrected chi connectivity index (χ2v) is 5.65. The van der Waals surface area contributed by atoms with Crippen LogP contribution in [-0.2, 0) is 6.42 Å². The van der Waals surface area contributed by atoms with Crippen molar-refractivity contribution in [2.45, 2.75) is 45.1 Å². The number of hydrogen-bond acceptors (Lipinski definition) is 1. The fourth-order valence-electron chi connectivity index (χ4n) is 2.97. The summed E-state index contributed by atoms with van der Waals surface area (Å²) in [6.07, 6.45) is 6.83. The Labute approximate surface area is 111 Å². The molecule has 2 rings (SSSR count). The predicted molar refractivity (Wildman–Crippen MR) is 74.9 cm³/mol. The van der Waals surface area contributed by atoms with Crippen LogP contribution >= 0.6 is 0 Å². The highest BCUT2D eigenvalue weighted by molar-refractivity contribution is 5.27. The molecule has 0 heterocycles. The van der Waals surface area contributed by atoms with Crippen molar-refractivity contribution in [1.29, 1.82) is 0 Å². The van der Waals surface area contributed by atoms with Gasteiger partial charge < -0.3 is 10.1 Å². The summed E-state index contributed by atoms with van der Waals surface area (Å²) in [5.74, 6) is 1.88. The minimum absolute atomic E-state index is 0.868. The molecule has 0 spiro atoms. The Hall–Kier alpha value is -1.02. The van der Waals surface area contributed by atoms with Gasteiger partial charge >= 0.3 is 0 Å². The van der Waals surface area contributed by atoms with Crippen molar-refractivity contribution in [3.05, 3.63) is 29.8 Å². The SMILES string of the molecule is COc1ccc(CC[NH2+][C@@H]2CCC[C@@H](C)C2)cc1. The Bertz CT molecular complexity index is 347. The molecule has 0 bridgehead atoms. The Morgan fingerprint density at radius 1 is 1.22 bits per heavy atom. The summed E-state index contributed by atoms with van der Waals surface area (Å²) in [5.41, 5.74) is 1.41. The van der Waals surface area contributed by atoms with Gasteiger partial charge in [-0.15, -0.1) is 0 Å². The fraction of sp³-hybridized carbons (Fsp3) is 0.625. The van der Waals surface area contributed by atoms with Gasteiger partial charge in [-0.2, -0.15) is 0 Å². The monoisotopic (exact) mass is 248 g/mol. The van der Waals surface area contributed by atoms with E-state index in [4.69, 9.17) is 4.74 Å². The van der Waals surface area contributed by atoms with Gasteiger partial charge in [0.1, 0.15) is 5.75 Å². The number of hydrogen-bond donors (Lipinski definition) is 1. The van der Waals surface area contributed by atoms with E-state index in [0.29, 0.717) is 0 Å². The summed E-state index contributed by atoms with van der Waals surface area (Å²) in [6.45, 7) is 3.60. The maximum absolute atomic E-state index is 5.17. The quantitative estimate of drug-likeness (QED) is 0.850. The molecule has 0 radical (unpaired) electrons. The minimum atomic E-state index is 0.868. The lowest BCUT2D eigenvalue weighted by Gasteiger charge is -2.24. The number of quaternary nitrogens is 1. The Morgan fingerprint density at radius 3 is 2.67 bits per heavy atom. The Kier molecular flexibility index (Phi) is 5.06. The molecule has 2 nitrogen and oxygen atoms in total. The van der Waals surface area contributed by atoms with E-state index in [1.54, 1.807) is 7.11 Å². The van der Waals surface area contributed by atoms with Crippen molar-refractivity contribution in [3.8, 4) is 5.75 Å². The molecule has 0 amide bonds. The smallest absolute Gasteiger partial charge is 0.118 e. The summed E-state index contributed by atoms with van der Waals surface area (Å²) >= 11 is 0. The van der Waals surface area contributed by atoms with Crippen molar-refractivity contribution < 1.29 is 10.1 Å². The van der Waals surface area contributed by atoms with E-state index in [9.17, 15) is 0 Å². The standard InChI is InChI=1S/C16H25NO/c1-13-4-3-5-15(12-13)17-11-10-14-6-8-16(18-2)9-7-14/h6-9,13,15,17H,3-5,10-12H2,1-2H3/p+1/t13-,15-/m1/s1. The average Bonchev–Trinajstić information content (AvgIpc) is 2.40. The van der Waals surface area contributed by atoms with Crippen molar-refractivity contribution in [1.82, 2.24) is 0 Å². The second-order valence-electron chi connectivity index (χ2n) is 5.65. The zero-order valence-electron chi connectivity index (χ0n) is 11.7. The summed E-state index contributed by atoms with van der Waals surface area (Å²) < 4.78 is 5.17. The van der Waals surface area contributed by atoms with E-state index in [-0.39, 0.29) is 0 Å². The van der Waals surface area contributed by atoms with Crippen LogP contribution in [0.15, 0.2) is 24.3 Å². The normalized spacial score (nSPS) is 23.9. The first-order valence-corrected chi connectivity index (χ1v) is 7.24. The van der Waals surface area contributed by atoms with E-state index < -0.39 is 0 Å². The van der Waals surface area contributed by atoms with Crippen LogP contribution in [0.5, 0.6) is 5.75 Å². The first-order chi connectivity index (χ1) is 8.78. The molecule has 100 valence electrons. The molecule has 0 aromatic heterocycles. The van der Waals surface area contributed by atoms with Gasteiger partial charge in [0.15, 0.2) is 0 Å². The number of methoxy groups -OCH3 is 1. The van der Waals surface area contributed by atoms with E-state index in [1.165, 1.54) is 37.8 Å². The third-order valence-electron chi connectivity index (χ3n) is 4.07. The number of rotatable bonds is 5. The average molecular weight is 248 g/mol. The van der Waals surface area contributed by atoms with Gasteiger partial charge in [0, 0.05) is 12.8 Å². The minimum Gasteiger partial charge on any atom is -0.497 e. The van der Waals surface area contributed by atoms with Crippen LogP contribution in [0, 0.1) is 5.92 Å². The molecule has 2 heteroatoms. The van der Waals surface area contributed by atoms with Crippen molar-refractivity contribution in [2.24, 2.45) is 5.92 Å². The van der Waals surface area contributed by atoms with E-state index in [1.807, 2.05) is 0 Å². The molecule has 1 aliphatic carbocycles. The lowest BCUT2D eigenvalue weighted by atomic mass is 9.87. The van der Waals surface area contributed by atoms with Crippen LogP contribution < -0.4 is 10.1 Å². The highest BCUT2D eigenvalue weighted by atomic mass is 16.5. The maximum atomic E-state index is 5.17. The lowest BCUT2D eigenvalue weighted by Crippen LogP contribution is -2.90. The van der Waals surface area contributed by atoms with Crippen molar-refractivity contribution in [2.75, 3.05) is 13.7 Å². The fourth-order valence-corrected chi connectivity index (χ4v) is 2.97. The molecule has 2 N–H and O–H groups in total. The zero-order valence-corrected chi connectivity index (χ0v) is 11.7. The van der Waals surface area contributed by atoms with Crippen LogP contribution in [-0.4, -0.2) is 19.7 Å². The van der Waals surface area contributed by atoms with Crippen LogP contribution in [0.4, 0.5) is 0 Å². The summed E-state index contributed by atoms with van der Waals surface area (Å²) in [6, 6.07) is 9.33. The molecule has 0 unspecified atom stereocenters. The highest BCUT2D eigenvalue weighted by Crippen LogP contribution is 2.21. The van der Waals surface area contributed by atoms with Crippen molar-refractivity contribution >= 4 is 0 Å². The predicted octanol–water partition coefficient (Wildman–Crippen LogP) is 2.38. The molecule has 1 fully saturated rings. The molecule has 2 atom stereocenters. The van der Waals surface area contributed by atoms with Crippen LogP contribution in [0.25, 0.3) is 0 Å². The van der Waals surface area contributed by atoms with Gasteiger partial charge in [0.05, 0.1) is 19.7 Å². The van der Waals surface area contributed by atoms with Gasteiger partial charge in [0.2, 0.25) is 0 Å². The first-order valence-electron chi connectivity index (χ1n) is 7.24. The Balaban J connectivity index is 1.70. The molecular weight excluding hydrogens is 222 g/mol. The number of ether oxygens (including phenoxy) is 1. The summed E-state index contributed by atoms with van der Waals surface area (Å²) in [7, 11) is 1.72. The summed E-state index contributed by atoms with van der Waals surface area (Å²) in [4.78, 5) is 0. The maximum Gasteiger partial charge on any atom is 0.118 e. The molecule has 1 aromatic carbocycles. The summed E-state index contributed by atoms with van der Waals surface area (Å²) in [5, 5.41) is 2.56. The molecule has 18 heavy (non-hydrogen) atoms. The van der Waals surface area contributed by atoms with Gasteiger partial charge in [-0.05, 0) is 36.5 Å².